The number of anilines is 8. The molecule has 3 aliphatic heterocycles. The fourth-order valence-corrected chi connectivity index (χ4v) is 9.75. The summed E-state index contributed by atoms with van der Waals surface area (Å²) in [4.78, 5) is 60.9. The maximum absolute atomic E-state index is 13.5. The quantitative estimate of drug-likeness (QED) is 0.145. The lowest BCUT2D eigenvalue weighted by atomic mass is 10.1. The number of nitrogens with zero attached hydrogens (tertiary/aromatic N) is 16. The minimum absolute atomic E-state index is 0.0962. The molecule has 0 spiro atoms. The van der Waals surface area contributed by atoms with Gasteiger partial charge < -0.3 is 24.5 Å². The van der Waals surface area contributed by atoms with E-state index >= 15 is 0 Å². The highest BCUT2D eigenvalue weighted by atomic mass is 32.2. The van der Waals surface area contributed by atoms with Crippen molar-refractivity contribution in [3.8, 4) is 0 Å². The number of hydrogen-bond donors (Lipinski definition) is 2. The summed E-state index contributed by atoms with van der Waals surface area (Å²) in [7, 11) is -1.73. The molecule has 2 aromatic carbocycles. The molecule has 21 heteroatoms. The van der Waals surface area contributed by atoms with Gasteiger partial charge in [-0.15, -0.1) is 0 Å². The molecular weight excluding hydrogens is 881 g/mol. The lowest BCUT2D eigenvalue weighted by molar-refractivity contribution is 0.248. The van der Waals surface area contributed by atoms with E-state index in [0.717, 1.165) is 108 Å². The van der Waals surface area contributed by atoms with Gasteiger partial charge in [0.15, 0.2) is 5.03 Å². The summed E-state index contributed by atoms with van der Waals surface area (Å²) in [6.45, 7) is 20.7. The number of hydrogen-bond acceptors (Lipinski definition) is 20. The highest BCUT2D eigenvalue weighted by molar-refractivity contribution is 7.91. The summed E-state index contributed by atoms with van der Waals surface area (Å²) in [6.07, 6.45) is 1.30. The van der Waals surface area contributed by atoms with Crippen LogP contribution in [0, 0.1) is 20.8 Å². The second kappa shape index (κ2) is 20.3. The molecule has 3 saturated heterocycles. The fourth-order valence-electron chi connectivity index (χ4n) is 8.48. The molecule has 356 valence electrons. The number of piperazine rings is 3. The first-order valence-corrected chi connectivity index (χ1v) is 24.9. The molecule has 6 aromatic rings. The predicted octanol–water partition coefficient (Wildman–Crippen LogP) is 4.41. The molecule has 0 saturated carbocycles. The molecule has 0 unspecified atom stereocenters. The highest BCUT2D eigenvalue weighted by Crippen LogP contribution is 2.26. The largest absolute Gasteiger partial charge is 0.368 e. The van der Waals surface area contributed by atoms with Gasteiger partial charge >= 0.3 is 0 Å². The van der Waals surface area contributed by atoms with E-state index in [0.29, 0.717) is 48.2 Å². The Balaban J connectivity index is 0.795. The molecular formula is C47H60N18O2S. The zero-order chi connectivity index (χ0) is 47.4. The molecule has 0 aliphatic carbocycles. The van der Waals surface area contributed by atoms with E-state index in [9.17, 15) is 8.42 Å². The van der Waals surface area contributed by atoms with E-state index in [-0.39, 0.29) is 21.8 Å². The minimum atomic E-state index is -3.87. The molecule has 9 rings (SSSR count). The summed E-state index contributed by atoms with van der Waals surface area (Å²) in [5, 5.41) is 6.28. The van der Waals surface area contributed by atoms with Crippen LogP contribution in [0.15, 0.2) is 70.6 Å². The van der Waals surface area contributed by atoms with Crippen LogP contribution in [0.3, 0.4) is 0 Å². The van der Waals surface area contributed by atoms with E-state index in [1.165, 1.54) is 17.3 Å². The lowest BCUT2D eigenvalue weighted by Crippen LogP contribution is -2.47. The molecule has 0 amide bonds. The lowest BCUT2D eigenvalue weighted by Gasteiger charge is -2.37. The van der Waals surface area contributed by atoms with Crippen LogP contribution in [0.1, 0.15) is 48.0 Å². The molecule has 0 atom stereocenters. The normalized spacial score (nSPS) is 16.3. The van der Waals surface area contributed by atoms with Gasteiger partial charge in [-0.05, 0) is 63.7 Å². The van der Waals surface area contributed by atoms with Gasteiger partial charge in [0.2, 0.25) is 45.5 Å². The summed E-state index contributed by atoms with van der Waals surface area (Å²) >= 11 is 0. The van der Waals surface area contributed by atoms with Gasteiger partial charge in [0.25, 0.3) is 0 Å². The number of benzene rings is 2. The van der Waals surface area contributed by atoms with E-state index < -0.39 is 9.84 Å². The van der Waals surface area contributed by atoms with Crippen LogP contribution in [-0.4, -0.2) is 154 Å². The van der Waals surface area contributed by atoms with Gasteiger partial charge in [-0.25, -0.2) is 23.4 Å². The Morgan fingerprint density at radius 1 is 0.529 bits per heavy atom. The number of likely N-dealkylation sites (N-methyl/N-ethyl adjacent to an activating group) is 1. The van der Waals surface area contributed by atoms with Crippen LogP contribution in [0.5, 0.6) is 0 Å². The predicted molar refractivity (Wildman–Crippen MR) is 263 cm³/mol. The van der Waals surface area contributed by atoms with Crippen molar-refractivity contribution >= 4 is 57.0 Å². The zero-order valence-corrected chi connectivity index (χ0v) is 40.6. The van der Waals surface area contributed by atoms with Crippen molar-refractivity contribution in [2.45, 2.75) is 63.9 Å². The number of nitrogens with one attached hydrogen (secondary N) is 2. The number of rotatable bonds is 14. The Bertz CT molecular complexity index is 2830. The molecule has 20 nitrogen and oxygen atoms in total. The first-order valence-electron chi connectivity index (χ1n) is 23.4. The fraction of sp³-hybridized carbons (Fsp3) is 0.447. The number of aryl methyl sites for hydroxylation is 5. The molecule has 3 aliphatic rings. The summed E-state index contributed by atoms with van der Waals surface area (Å²) in [6, 6.07) is 19.1. The van der Waals surface area contributed by atoms with Gasteiger partial charge in [0.1, 0.15) is 17.5 Å². The average molecular weight is 941 g/mol. The van der Waals surface area contributed by atoms with Gasteiger partial charge in [-0.2, -0.15) is 34.9 Å². The molecule has 0 bridgehead atoms. The van der Waals surface area contributed by atoms with Crippen LogP contribution in [0.4, 0.5) is 47.2 Å². The third-order valence-corrected chi connectivity index (χ3v) is 14.1. The van der Waals surface area contributed by atoms with Crippen LogP contribution in [-0.2, 0) is 29.2 Å². The Labute approximate surface area is 398 Å². The van der Waals surface area contributed by atoms with Gasteiger partial charge in [-0.1, -0.05) is 43.7 Å². The Morgan fingerprint density at radius 2 is 1.06 bits per heavy atom. The Hall–Kier alpha value is -6.71. The monoisotopic (exact) mass is 940 g/mol. The molecule has 3 fully saturated rings. The van der Waals surface area contributed by atoms with Crippen LogP contribution in [0.2, 0.25) is 0 Å². The third kappa shape index (κ3) is 11.0. The van der Waals surface area contributed by atoms with Crippen molar-refractivity contribution in [2.24, 2.45) is 0 Å². The average Bonchev–Trinajstić information content (AvgIpc) is 3.34. The van der Waals surface area contributed by atoms with Crippen LogP contribution in [0.25, 0.3) is 0 Å². The van der Waals surface area contributed by atoms with Crippen molar-refractivity contribution < 1.29 is 8.42 Å². The molecule has 7 heterocycles. The van der Waals surface area contributed by atoms with Crippen LogP contribution >= 0.6 is 0 Å². The zero-order valence-electron chi connectivity index (χ0n) is 39.8. The second-order valence-corrected chi connectivity index (χ2v) is 19.5. The number of sulfone groups is 1. The summed E-state index contributed by atoms with van der Waals surface area (Å²) < 4.78 is 27.0. The topological polar surface area (TPSA) is 207 Å². The second-order valence-electron chi connectivity index (χ2n) is 17.6. The van der Waals surface area contributed by atoms with Crippen molar-refractivity contribution in [1.82, 2.24) is 59.6 Å². The van der Waals surface area contributed by atoms with Crippen molar-refractivity contribution in [3.05, 3.63) is 94.8 Å². The third-order valence-electron chi connectivity index (χ3n) is 12.4. The number of aromatic nitrogens is 10. The molecule has 0 radical (unpaired) electrons. The van der Waals surface area contributed by atoms with Crippen molar-refractivity contribution in [3.63, 3.8) is 0 Å². The molecule has 68 heavy (non-hydrogen) atoms. The van der Waals surface area contributed by atoms with Gasteiger partial charge in [0.05, 0.1) is 4.90 Å². The minimum Gasteiger partial charge on any atom is -0.368 e. The highest BCUT2D eigenvalue weighted by Gasteiger charge is 2.25. The van der Waals surface area contributed by atoms with E-state index in [1.807, 2.05) is 26.8 Å². The van der Waals surface area contributed by atoms with E-state index in [1.54, 1.807) is 31.2 Å². The van der Waals surface area contributed by atoms with Gasteiger partial charge in [-0.3, -0.25) is 15.5 Å². The maximum atomic E-state index is 13.5. The van der Waals surface area contributed by atoms with Crippen molar-refractivity contribution in [1.29, 1.82) is 0 Å². The standard InChI is InChI=1S/C47H60N18O2S/c1-7-38-50-44(58-46(52-38)64-20-16-60(6)17-21-64)56-42-48-33(4)28-40(54-42)63-26-24-62(25-27-63)36-11-9-10-35(30-36)31-61-18-22-65(23-19-61)47-53-39(8-2)51-45(59-47)57-43-49-34(5)29-41(55-43)68(66,67)37-14-12-32(3)13-15-37/h9-15,28-30H,7-8,16-27,31H2,1-6H3,(H,48,50,52,54,56,58)(H,49,51,53,55,57,59). The molecule has 4 aromatic heterocycles. The summed E-state index contributed by atoms with van der Waals surface area (Å²) in [5.41, 5.74) is 4.82. The van der Waals surface area contributed by atoms with E-state index in [2.05, 4.69) is 98.2 Å². The SMILES string of the molecule is CCc1nc(Nc2nc(C)cc(N3CCN(c4cccc(CN5CCN(c6nc(CC)nc(Nc7nc(C)cc(S(=O)(=O)c8ccc(C)cc8)n7)n6)CC5)c4)CC3)n2)nc(N2CCN(C)CC2)n1. The first-order chi connectivity index (χ1) is 32.9. The first kappa shape index (κ1) is 46.4. The summed E-state index contributed by atoms with van der Waals surface area (Å²) in [5.74, 6) is 4.80. The Morgan fingerprint density at radius 3 is 1.66 bits per heavy atom. The van der Waals surface area contributed by atoms with E-state index in [4.69, 9.17) is 29.9 Å². The van der Waals surface area contributed by atoms with Crippen molar-refractivity contribution in [2.75, 3.05) is 116 Å². The molecule has 2 N–H and O–H groups in total. The Kier molecular flexibility index (Phi) is 13.8. The van der Waals surface area contributed by atoms with Crippen LogP contribution < -0.4 is 30.2 Å². The maximum Gasteiger partial charge on any atom is 0.234 e. The van der Waals surface area contributed by atoms with Gasteiger partial charge in [0, 0.05) is 121 Å². The smallest absolute Gasteiger partial charge is 0.234 e.